The quantitative estimate of drug-likeness (QED) is 0.703. The van der Waals surface area contributed by atoms with Crippen LogP contribution in [0.4, 0.5) is 5.69 Å². The number of fused-ring (bicyclic) bond motifs is 2. The SMILES string of the molecule is Cn1cnc2cc(N3CCN(Cc4cnn5c4CCC5)CC3)ccc2c1=O. The molecule has 27 heavy (non-hydrogen) atoms. The second-order valence-corrected chi connectivity index (χ2v) is 7.57. The fraction of sp³-hybridized carbons (Fsp3) is 0.450. The van der Waals surface area contributed by atoms with Gasteiger partial charge in [-0.2, -0.15) is 5.10 Å². The normalized spacial score (nSPS) is 17.6. The predicted octanol–water partition coefficient (Wildman–Crippen LogP) is 1.40. The van der Waals surface area contributed by atoms with Gasteiger partial charge >= 0.3 is 0 Å². The van der Waals surface area contributed by atoms with Crippen LogP contribution in [0.3, 0.4) is 0 Å². The molecule has 5 rings (SSSR count). The number of nitrogens with zero attached hydrogens (tertiary/aromatic N) is 6. The topological polar surface area (TPSA) is 59.2 Å². The third-order valence-corrected chi connectivity index (χ3v) is 5.85. The Balaban J connectivity index is 1.28. The molecule has 1 saturated heterocycles. The number of rotatable bonds is 3. The minimum absolute atomic E-state index is 0.00470. The van der Waals surface area contributed by atoms with Crippen molar-refractivity contribution in [1.29, 1.82) is 0 Å². The van der Waals surface area contributed by atoms with Crippen molar-refractivity contribution in [2.24, 2.45) is 7.05 Å². The summed E-state index contributed by atoms with van der Waals surface area (Å²) in [5.74, 6) is 0. The molecule has 1 aromatic carbocycles. The van der Waals surface area contributed by atoms with Crippen molar-refractivity contribution in [3.63, 3.8) is 0 Å². The highest BCUT2D eigenvalue weighted by Crippen LogP contribution is 2.23. The fourth-order valence-corrected chi connectivity index (χ4v) is 4.26. The average Bonchev–Trinajstić information content (AvgIpc) is 3.30. The number of piperazine rings is 1. The highest BCUT2D eigenvalue weighted by atomic mass is 16.1. The number of benzene rings is 1. The van der Waals surface area contributed by atoms with Gasteiger partial charge in [-0.05, 0) is 31.0 Å². The molecule has 3 aromatic rings. The van der Waals surface area contributed by atoms with Crippen molar-refractivity contribution in [3.05, 3.63) is 52.3 Å². The summed E-state index contributed by atoms with van der Waals surface area (Å²) < 4.78 is 3.69. The van der Waals surface area contributed by atoms with E-state index in [0.29, 0.717) is 5.39 Å². The molecule has 2 aromatic heterocycles. The van der Waals surface area contributed by atoms with Crippen LogP contribution in [0.5, 0.6) is 0 Å². The van der Waals surface area contributed by atoms with Gasteiger partial charge in [0.1, 0.15) is 0 Å². The Labute approximate surface area is 157 Å². The Hall–Kier alpha value is -2.67. The minimum Gasteiger partial charge on any atom is -0.369 e. The van der Waals surface area contributed by atoms with Crippen LogP contribution in [-0.4, -0.2) is 50.4 Å². The van der Waals surface area contributed by atoms with Crippen LogP contribution in [0.25, 0.3) is 10.9 Å². The van der Waals surface area contributed by atoms with Crippen molar-refractivity contribution in [3.8, 4) is 0 Å². The molecule has 4 heterocycles. The number of hydrogen-bond donors (Lipinski definition) is 0. The monoisotopic (exact) mass is 364 g/mol. The summed E-state index contributed by atoms with van der Waals surface area (Å²) in [5, 5.41) is 5.19. The molecule has 0 bridgehead atoms. The molecule has 7 nitrogen and oxygen atoms in total. The summed E-state index contributed by atoms with van der Waals surface area (Å²) in [5.41, 5.74) is 4.75. The van der Waals surface area contributed by atoms with Crippen molar-refractivity contribution < 1.29 is 0 Å². The predicted molar refractivity (Wildman–Crippen MR) is 105 cm³/mol. The highest BCUT2D eigenvalue weighted by molar-refractivity contribution is 5.81. The number of aryl methyl sites for hydroxylation is 2. The van der Waals surface area contributed by atoms with E-state index in [1.807, 2.05) is 18.2 Å². The molecule has 7 heteroatoms. The first-order valence-electron chi connectivity index (χ1n) is 9.65. The molecule has 0 radical (unpaired) electrons. The molecule has 0 N–H and O–H groups in total. The van der Waals surface area contributed by atoms with E-state index in [1.54, 1.807) is 13.4 Å². The fourth-order valence-electron chi connectivity index (χ4n) is 4.26. The smallest absolute Gasteiger partial charge is 0.260 e. The van der Waals surface area contributed by atoms with E-state index in [9.17, 15) is 4.79 Å². The van der Waals surface area contributed by atoms with E-state index in [4.69, 9.17) is 0 Å². The molecular weight excluding hydrogens is 340 g/mol. The van der Waals surface area contributed by atoms with Gasteiger partial charge < -0.3 is 9.47 Å². The van der Waals surface area contributed by atoms with Crippen LogP contribution in [0, 0.1) is 0 Å². The molecule has 0 atom stereocenters. The molecule has 2 aliphatic rings. The standard InChI is InChI=1S/C20H24N6O/c1-23-14-21-18-11-16(4-5-17(18)20(23)27)25-9-7-24(8-10-25)13-15-12-22-26-6-2-3-19(15)26/h4-5,11-12,14H,2-3,6-10,13H2,1H3. The Bertz CT molecular complexity index is 1040. The van der Waals surface area contributed by atoms with Crippen LogP contribution >= 0.6 is 0 Å². The molecular formula is C20H24N6O. The zero-order chi connectivity index (χ0) is 18.4. The van der Waals surface area contributed by atoms with Crippen molar-refractivity contribution in [2.75, 3.05) is 31.1 Å². The Kier molecular flexibility index (Phi) is 3.97. The Morgan fingerprint density at radius 3 is 2.81 bits per heavy atom. The van der Waals surface area contributed by atoms with Crippen LogP contribution in [-0.2, 0) is 26.6 Å². The number of aromatic nitrogens is 4. The molecule has 1 fully saturated rings. The highest BCUT2D eigenvalue weighted by Gasteiger charge is 2.22. The van der Waals surface area contributed by atoms with Crippen LogP contribution in [0.1, 0.15) is 17.7 Å². The Morgan fingerprint density at radius 1 is 1.11 bits per heavy atom. The van der Waals surface area contributed by atoms with Gasteiger partial charge in [0.05, 0.1) is 23.4 Å². The summed E-state index contributed by atoms with van der Waals surface area (Å²) >= 11 is 0. The van der Waals surface area contributed by atoms with Crippen LogP contribution in [0.15, 0.2) is 35.5 Å². The molecule has 0 unspecified atom stereocenters. The maximum atomic E-state index is 12.2. The molecule has 140 valence electrons. The minimum atomic E-state index is 0.00470. The molecule has 0 aliphatic carbocycles. The third-order valence-electron chi connectivity index (χ3n) is 5.85. The second kappa shape index (κ2) is 6.49. The molecule has 0 saturated carbocycles. The maximum Gasteiger partial charge on any atom is 0.260 e. The lowest BCUT2D eigenvalue weighted by Crippen LogP contribution is -2.46. The molecule has 0 amide bonds. The van der Waals surface area contributed by atoms with E-state index in [0.717, 1.165) is 50.5 Å². The van der Waals surface area contributed by atoms with Gasteiger partial charge in [0, 0.05) is 63.3 Å². The van der Waals surface area contributed by atoms with Gasteiger partial charge in [-0.1, -0.05) is 0 Å². The van der Waals surface area contributed by atoms with Crippen LogP contribution < -0.4 is 10.5 Å². The van der Waals surface area contributed by atoms with E-state index >= 15 is 0 Å². The molecule has 2 aliphatic heterocycles. The van der Waals surface area contributed by atoms with Crippen LogP contribution in [0.2, 0.25) is 0 Å². The lowest BCUT2D eigenvalue weighted by atomic mass is 10.1. The number of hydrogen-bond acceptors (Lipinski definition) is 5. The second-order valence-electron chi connectivity index (χ2n) is 7.57. The van der Waals surface area contributed by atoms with Gasteiger partial charge in [-0.25, -0.2) is 4.98 Å². The third kappa shape index (κ3) is 2.92. The van der Waals surface area contributed by atoms with Gasteiger partial charge in [-0.3, -0.25) is 14.4 Å². The maximum absolute atomic E-state index is 12.2. The lowest BCUT2D eigenvalue weighted by Gasteiger charge is -2.36. The van der Waals surface area contributed by atoms with E-state index in [2.05, 4.69) is 30.8 Å². The van der Waals surface area contributed by atoms with Gasteiger partial charge in [0.15, 0.2) is 0 Å². The summed E-state index contributed by atoms with van der Waals surface area (Å²) in [4.78, 5) is 21.5. The zero-order valence-electron chi connectivity index (χ0n) is 15.6. The van der Waals surface area contributed by atoms with E-state index in [1.165, 1.54) is 28.7 Å². The summed E-state index contributed by atoms with van der Waals surface area (Å²) in [6.07, 6.45) is 6.04. The van der Waals surface area contributed by atoms with E-state index in [-0.39, 0.29) is 5.56 Å². The summed E-state index contributed by atoms with van der Waals surface area (Å²) in [6, 6.07) is 5.99. The largest absolute Gasteiger partial charge is 0.369 e. The first-order valence-corrected chi connectivity index (χ1v) is 9.65. The average molecular weight is 364 g/mol. The van der Waals surface area contributed by atoms with Crippen molar-refractivity contribution in [2.45, 2.75) is 25.9 Å². The summed E-state index contributed by atoms with van der Waals surface area (Å²) in [6.45, 7) is 6.11. The van der Waals surface area contributed by atoms with Gasteiger partial charge in [0.25, 0.3) is 5.56 Å². The zero-order valence-corrected chi connectivity index (χ0v) is 15.6. The molecule has 0 spiro atoms. The van der Waals surface area contributed by atoms with E-state index < -0.39 is 0 Å². The van der Waals surface area contributed by atoms with Crippen molar-refractivity contribution in [1.82, 2.24) is 24.2 Å². The summed E-state index contributed by atoms with van der Waals surface area (Å²) in [7, 11) is 1.73. The van der Waals surface area contributed by atoms with Gasteiger partial charge in [-0.15, -0.1) is 0 Å². The van der Waals surface area contributed by atoms with Gasteiger partial charge in [0.2, 0.25) is 0 Å². The first kappa shape index (κ1) is 16.5. The lowest BCUT2D eigenvalue weighted by molar-refractivity contribution is 0.249. The van der Waals surface area contributed by atoms with Crippen molar-refractivity contribution >= 4 is 16.6 Å². The Morgan fingerprint density at radius 2 is 1.96 bits per heavy atom. The number of anilines is 1. The first-order chi connectivity index (χ1) is 13.2.